The molecule has 0 fully saturated rings. The molecule has 6 nitrogen and oxygen atoms in total. The number of carboxylic acids is 1. The van der Waals surface area contributed by atoms with Gasteiger partial charge in [-0.25, -0.2) is 4.79 Å². The van der Waals surface area contributed by atoms with E-state index < -0.39 is 18.0 Å². The van der Waals surface area contributed by atoms with Crippen LogP contribution in [0.2, 0.25) is 0 Å². The maximum atomic E-state index is 11.3. The molecule has 16 heavy (non-hydrogen) atoms. The largest absolute Gasteiger partial charge is 0.480 e. The molecular formula is C10H21N3O3. The summed E-state index contributed by atoms with van der Waals surface area (Å²) in [6.07, 6.45) is 0. The first-order valence-corrected chi connectivity index (χ1v) is 5.11. The van der Waals surface area contributed by atoms with Gasteiger partial charge in [0.2, 0.25) is 0 Å². The van der Waals surface area contributed by atoms with Gasteiger partial charge in [-0.15, -0.1) is 0 Å². The van der Waals surface area contributed by atoms with Crippen molar-refractivity contribution >= 4 is 12.0 Å². The average Bonchev–Trinajstić information content (AvgIpc) is 2.14. The van der Waals surface area contributed by atoms with Crippen molar-refractivity contribution in [1.82, 2.24) is 15.5 Å². The van der Waals surface area contributed by atoms with Gasteiger partial charge < -0.3 is 20.6 Å². The van der Waals surface area contributed by atoms with E-state index in [1.807, 2.05) is 32.8 Å². The Morgan fingerprint density at radius 1 is 1.38 bits per heavy atom. The minimum atomic E-state index is -1.05. The molecular weight excluding hydrogens is 210 g/mol. The summed E-state index contributed by atoms with van der Waals surface area (Å²) in [7, 11) is 3.83. The third kappa shape index (κ3) is 4.97. The highest BCUT2D eigenvalue weighted by molar-refractivity contribution is 5.82. The van der Waals surface area contributed by atoms with E-state index in [-0.39, 0.29) is 5.54 Å². The topological polar surface area (TPSA) is 81.7 Å². The molecule has 0 bridgehead atoms. The van der Waals surface area contributed by atoms with E-state index in [0.717, 1.165) is 0 Å². The number of nitrogens with zero attached hydrogens (tertiary/aromatic N) is 1. The SMILES string of the molecule is C[C@H](NC(=O)NCC(C)(C)N(C)C)C(=O)O. The highest BCUT2D eigenvalue weighted by Crippen LogP contribution is 2.07. The molecule has 0 aromatic rings. The monoisotopic (exact) mass is 231 g/mol. The molecule has 94 valence electrons. The lowest BCUT2D eigenvalue weighted by Crippen LogP contribution is -2.52. The number of hydrogen-bond acceptors (Lipinski definition) is 3. The standard InChI is InChI=1S/C10H21N3O3/c1-7(8(14)15)12-9(16)11-6-10(2,3)13(4)5/h7H,6H2,1-5H3,(H,14,15)(H2,11,12,16)/t7-/m0/s1. The Labute approximate surface area is 96.0 Å². The number of rotatable bonds is 5. The lowest BCUT2D eigenvalue weighted by molar-refractivity contribution is -0.138. The molecule has 2 amide bonds. The van der Waals surface area contributed by atoms with Gasteiger partial charge >= 0.3 is 12.0 Å². The first-order chi connectivity index (χ1) is 7.16. The lowest BCUT2D eigenvalue weighted by Gasteiger charge is -2.32. The van der Waals surface area contributed by atoms with Crippen LogP contribution < -0.4 is 10.6 Å². The van der Waals surface area contributed by atoms with Gasteiger partial charge in [0.25, 0.3) is 0 Å². The minimum Gasteiger partial charge on any atom is -0.480 e. The van der Waals surface area contributed by atoms with E-state index >= 15 is 0 Å². The average molecular weight is 231 g/mol. The predicted octanol–water partition coefficient (Wildman–Crippen LogP) is 0.0989. The van der Waals surface area contributed by atoms with Crippen LogP contribution in [0.15, 0.2) is 0 Å². The minimum absolute atomic E-state index is 0.177. The number of carboxylic acid groups (broad SMARTS) is 1. The summed E-state index contributed by atoms with van der Waals surface area (Å²) in [5, 5.41) is 13.6. The van der Waals surface area contributed by atoms with Gasteiger partial charge in [0.1, 0.15) is 6.04 Å². The summed E-state index contributed by atoms with van der Waals surface area (Å²) in [5.41, 5.74) is -0.177. The van der Waals surface area contributed by atoms with Gasteiger partial charge in [0, 0.05) is 12.1 Å². The molecule has 0 radical (unpaired) electrons. The van der Waals surface area contributed by atoms with Crippen molar-refractivity contribution in [2.45, 2.75) is 32.4 Å². The third-order valence-electron chi connectivity index (χ3n) is 2.61. The Hall–Kier alpha value is -1.30. The number of urea groups is 1. The normalized spacial score (nSPS) is 13.4. The molecule has 0 saturated heterocycles. The van der Waals surface area contributed by atoms with Crippen molar-refractivity contribution in [3.05, 3.63) is 0 Å². The number of nitrogens with one attached hydrogen (secondary N) is 2. The van der Waals surface area contributed by atoms with Gasteiger partial charge in [-0.05, 0) is 34.9 Å². The summed E-state index contributed by atoms with van der Waals surface area (Å²) in [6.45, 7) is 5.82. The number of hydrogen-bond donors (Lipinski definition) is 3. The molecule has 0 heterocycles. The van der Waals surface area contributed by atoms with E-state index in [2.05, 4.69) is 10.6 Å². The fourth-order valence-corrected chi connectivity index (χ4v) is 0.764. The number of likely N-dealkylation sites (N-methyl/N-ethyl adjacent to an activating group) is 1. The van der Waals surface area contributed by atoms with Gasteiger partial charge in [0.15, 0.2) is 0 Å². The van der Waals surface area contributed by atoms with Crippen molar-refractivity contribution in [3.63, 3.8) is 0 Å². The second kappa shape index (κ2) is 5.69. The molecule has 0 spiro atoms. The van der Waals surface area contributed by atoms with Gasteiger partial charge in [0.05, 0.1) is 0 Å². The Kier molecular flexibility index (Phi) is 5.23. The van der Waals surface area contributed by atoms with Crippen molar-refractivity contribution in [2.75, 3.05) is 20.6 Å². The van der Waals surface area contributed by atoms with Gasteiger partial charge in [-0.1, -0.05) is 0 Å². The molecule has 3 N–H and O–H groups in total. The van der Waals surface area contributed by atoms with Crippen molar-refractivity contribution < 1.29 is 14.7 Å². The Balaban J connectivity index is 4.04. The van der Waals surface area contributed by atoms with Crippen molar-refractivity contribution in [2.24, 2.45) is 0 Å². The summed E-state index contributed by atoms with van der Waals surface area (Å²) < 4.78 is 0. The van der Waals surface area contributed by atoms with Crippen LogP contribution in [-0.4, -0.2) is 54.2 Å². The van der Waals surface area contributed by atoms with E-state index in [1.54, 1.807) is 0 Å². The molecule has 0 aliphatic heterocycles. The molecule has 0 aromatic heterocycles. The van der Waals surface area contributed by atoms with Crippen LogP contribution in [0.1, 0.15) is 20.8 Å². The fraction of sp³-hybridized carbons (Fsp3) is 0.800. The van der Waals surface area contributed by atoms with Crippen LogP contribution in [-0.2, 0) is 4.79 Å². The first-order valence-electron chi connectivity index (χ1n) is 5.11. The molecule has 6 heteroatoms. The Bertz CT molecular complexity index is 264. The van der Waals surface area contributed by atoms with Crippen molar-refractivity contribution in [1.29, 1.82) is 0 Å². The van der Waals surface area contributed by atoms with Gasteiger partial charge in [-0.3, -0.25) is 4.79 Å². The zero-order chi connectivity index (χ0) is 12.9. The predicted molar refractivity (Wildman–Crippen MR) is 61.4 cm³/mol. The van der Waals surface area contributed by atoms with E-state index in [1.165, 1.54) is 6.92 Å². The third-order valence-corrected chi connectivity index (χ3v) is 2.61. The summed E-state index contributed by atoms with van der Waals surface area (Å²) in [5.74, 6) is -1.05. The Morgan fingerprint density at radius 2 is 1.88 bits per heavy atom. The van der Waals surface area contributed by atoms with Crippen LogP contribution in [0, 0.1) is 0 Å². The molecule has 0 unspecified atom stereocenters. The number of amides is 2. The molecule has 1 atom stereocenters. The van der Waals surface area contributed by atoms with Crippen LogP contribution in [0.25, 0.3) is 0 Å². The van der Waals surface area contributed by atoms with Crippen LogP contribution >= 0.6 is 0 Å². The number of aliphatic carboxylic acids is 1. The smallest absolute Gasteiger partial charge is 0.325 e. The first kappa shape index (κ1) is 14.7. The quantitative estimate of drug-likeness (QED) is 0.626. The lowest BCUT2D eigenvalue weighted by atomic mass is 10.1. The highest BCUT2D eigenvalue weighted by Gasteiger charge is 2.22. The van der Waals surface area contributed by atoms with Crippen LogP contribution in [0.3, 0.4) is 0 Å². The molecule has 0 aromatic carbocycles. The van der Waals surface area contributed by atoms with E-state index in [9.17, 15) is 9.59 Å². The highest BCUT2D eigenvalue weighted by atomic mass is 16.4. The number of carbonyl (C=O) groups excluding carboxylic acids is 1. The van der Waals surface area contributed by atoms with E-state index in [4.69, 9.17) is 5.11 Å². The zero-order valence-corrected chi connectivity index (χ0v) is 10.5. The maximum absolute atomic E-state index is 11.3. The number of carbonyl (C=O) groups is 2. The maximum Gasteiger partial charge on any atom is 0.325 e. The summed E-state index contributed by atoms with van der Waals surface area (Å²) in [6, 6.07) is -1.35. The summed E-state index contributed by atoms with van der Waals surface area (Å²) >= 11 is 0. The van der Waals surface area contributed by atoms with Gasteiger partial charge in [-0.2, -0.15) is 0 Å². The second-order valence-corrected chi connectivity index (χ2v) is 4.59. The second-order valence-electron chi connectivity index (χ2n) is 4.59. The summed E-state index contributed by atoms with van der Waals surface area (Å²) in [4.78, 5) is 23.8. The van der Waals surface area contributed by atoms with Crippen LogP contribution in [0.4, 0.5) is 4.79 Å². The zero-order valence-electron chi connectivity index (χ0n) is 10.5. The fourth-order valence-electron chi connectivity index (χ4n) is 0.764. The van der Waals surface area contributed by atoms with Crippen LogP contribution in [0.5, 0.6) is 0 Å². The molecule has 0 saturated carbocycles. The molecule has 0 rings (SSSR count). The van der Waals surface area contributed by atoms with Crippen molar-refractivity contribution in [3.8, 4) is 0 Å². The Morgan fingerprint density at radius 3 is 2.25 bits per heavy atom. The molecule has 0 aliphatic carbocycles. The van der Waals surface area contributed by atoms with E-state index in [0.29, 0.717) is 6.54 Å². The molecule has 0 aliphatic rings.